The molecule has 0 radical (unpaired) electrons. The first-order valence-electron chi connectivity index (χ1n) is 6.84. The lowest BCUT2D eigenvalue weighted by atomic mass is 9.91. The van der Waals surface area contributed by atoms with Crippen molar-refractivity contribution in [3.8, 4) is 0 Å². The Morgan fingerprint density at radius 3 is 2.85 bits per heavy atom. The van der Waals surface area contributed by atoms with E-state index in [4.69, 9.17) is 5.73 Å². The summed E-state index contributed by atoms with van der Waals surface area (Å²) in [6.07, 6.45) is 4.17. The van der Waals surface area contributed by atoms with E-state index in [1.54, 1.807) is 12.1 Å². The van der Waals surface area contributed by atoms with E-state index in [1.807, 2.05) is 0 Å². The van der Waals surface area contributed by atoms with E-state index in [9.17, 15) is 14.9 Å². The normalized spacial score (nSPS) is 22.2. The number of amides is 1. The molecule has 0 aromatic heterocycles. The smallest absolute Gasteiger partial charge is 0.269 e. The molecular weight excluding hydrogens is 258 g/mol. The second-order valence-electron chi connectivity index (χ2n) is 5.23. The van der Waals surface area contributed by atoms with Gasteiger partial charge in [0.15, 0.2) is 0 Å². The molecular formula is C14H19N3O3. The van der Waals surface area contributed by atoms with Gasteiger partial charge in [0, 0.05) is 24.2 Å². The van der Waals surface area contributed by atoms with Crippen LogP contribution in [0.25, 0.3) is 0 Å². The van der Waals surface area contributed by atoms with Gasteiger partial charge in [0.25, 0.3) is 5.69 Å². The monoisotopic (exact) mass is 277 g/mol. The Kier molecular flexibility index (Phi) is 4.68. The number of carbonyl (C=O) groups is 1. The molecule has 2 rings (SSSR count). The van der Waals surface area contributed by atoms with Gasteiger partial charge in [0.05, 0.1) is 11.3 Å². The summed E-state index contributed by atoms with van der Waals surface area (Å²) in [5.41, 5.74) is 6.62. The summed E-state index contributed by atoms with van der Waals surface area (Å²) in [5.74, 6) is -0.132. The van der Waals surface area contributed by atoms with Crippen LogP contribution in [0.3, 0.4) is 0 Å². The first kappa shape index (κ1) is 14.5. The molecule has 108 valence electrons. The maximum Gasteiger partial charge on any atom is 0.269 e. The second-order valence-corrected chi connectivity index (χ2v) is 5.23. The van der Waals surface area contributed by atoms with Gasteiger partial charge < -0.3 is 11.1 Å². The van der Waals surface area contributed by atoms with Crippen LogP contribution in [0.1, 0.15) is 31.2 Å². The van der Waals surface area contributed by atoms with Crippen molar-refractivity contribution in [2.75, 3.05) is 0 Å². The first-order chi connectivity index (χ1) is 9.56. The van der Waals surface area contributed by atoms with E-state index in [-0.39, 0.29) is 30.1 Å². The van der Waals surface area contributed by atoms with Crippen molar-refractivity contribution >= 4 is 11.6 Å². The molecule has 0 aliphatic heterocycles. The van der Waals surface area contributed by atoms with Gasteiger partial charge in [-0.05, 0) is 18.4 Å². The van der Waals surface area contributed by atoms with Crippen LogP contribution in [0.15, 0.2) is 24.3 Å². The maximum absolute atomic E-state index is 12.0. The third kappa shape index (κ3) is 3.77. The van der Waals surface area contributed by atoms with Crippen molar-refractivity contribution in [2.45, 2.75) is 44.2 Å². The average Bonchev–Trinajstić information content (AvgIpc) is 2.41. The Balaban J connectivity index is 1.94. The zero-order valence-electron chi connectivity index (χ0n) is 11.2. The van der Waals surface area contributed by atoms with Crippen LogP contribution in [0, 0.1) is 10.1 Å². The number of nitro benzene ring substituents is 1. The maximum atomic E-state index is 12.0. The second kappa shape index (κ2) is 6.47. The molecule has 1 aliphatic carbocycles. The van der Waals surface area contributed by atoms with Crippen LogP contribution in [-0.2, 0) is 11.2 Å². The Labute approximate surface area is 117 Å². The summed E-state index contributed by atoms with van der Waals surface area (Å²) in [6.45, 7) is 0. The molecule has 0 saturated heterocycles. The Morgan fingerprint density at radius 2 is 2.15 bits per heavy atom. The van der Waals surface area contributed by atoms with Gasteiger partial charge in [-0.25, -0.2) is 0 Å². The molecule has 1 fully saturated rings. The Bertz CT molecular complexity index is 504. The number of nitrogens with zero attached hydrogens (tertiary/aromatic N) is 1. The fraction of sp³-hybridized carbons (Fsp3) is 0.500. The summed E-state index contributed by atoms with van der Waals surface area (Å²) in [6, 6.07) is 6.19. The molecule has 1 aromatic rings. The quantitative estimate of drug-likeness (QED) is 0.644. The van der Waals surface area contributed by atoms with Crippen molar-refractivity contribution in [2.24, 2.45) is 5.73 Å². The summed E-state index contributed by atoms with van der Waals surface area (Å²) < 4.78 is 0. The van der Waals surface area contributed by atoms with Crippen LogP contribution in [0.4, 0.5) is 5.69 Å². The molecule has 1 amide bonds. The molecule has 2 atom stereocenters. The highest BCUT2D eigenvalue weighted by Gasteiger charge is 2.23. The number of carbonyl (C=O) groups excluding carboxylic acids is 1. The fourth-order valence-electron chi connectivity index (χ4n) is 2.56. The number of hydrogen-bond donors (Lipinski definition) is 2. The van der Waals surface area contributed by atoms with E-state index < -0.39 is 4.92 Å². The number of nitro groups is 1. The molecule has 6 nitrogen and oxygen atoms in total. The molecule has 3 N–H and O–H groups in total. The van der Waals surface area contributed by atoms with E-state index in [2.05, 4.69) is 5.32 Å². The van der Waals surface area contributed by atoms with Crippen LogP contribution in [-0.4, -0.2) is 22.9 Å². The molecule has 1 aliphatic rings. The SMILES string of the molecule is NC1CCCCC1NC(=O)Cc1cccc([N+](=O)[O-])c1. The molecule has 20 heavy (non-hydrogen) atoms. The van der Waals surface area contributed by atoms with Crippen LogP contribution in [0.2, 0.25) is 0 Å². The summed E-state index contributed by atoms with van der Waals surface area (Å²) >= 11 is 0. The highest BCUT2D eigenvalue weighted by Crippen LogP contribution is 2.17. The van der Waals surface area contributed by atoms with E-state index >= 15 is 0 Å². The van der Waals surface area contributed by atoms with Gasteiger partial charge in [-0.1, -0.05) is 25.0 Å². The average molecular weight is 277 g/mol. The number of benzene rings is 1. The van der Waals surface area contributed by atoms with Gasteiger partial charge in [0.2, 0.25) is 5.91 Å². The van der Waals surface area contributed by atoms with Gasteiger partial charge >= 0.3 is 0 Å². The molecule has 0 spiro atoms. The van der Waals surface area contributed by atoms with Crippen molar-refractivity contribution in [3.63, 3.8) is 0 Å². The fourth-order valence-corrected chi connectivity index (χ4v) is 2.56. The zero-order valence-corrected chi connectivity index (χ0v) is 11.2. The van der Waals surface area contributed by atoms with Gasteiger partial charge in [-0.3, -0.25) is 14.9 Å². The van der Waals surface area contributed by atoms with Crippen LogP contribution in [0.5, 0.6) is 0 Å². The van der Waals surface area contributed by atoms with E-state index in [0.717, 1.165) is 25.7 Å². The lowest BCUT2D eigenvalue weighted by Gasteiger charge is -2.29. The minimum absolute atomic E-state index is 0.00432. The van der Waals surface area contributed by atoms with Crippen molar-refractivity contribution in [3.05, 3.63) is 39.9 Å². The number of nitrogens with two attached hydrogens (primary N) is 1. The van der Waals surface area contributed by atoms with Crippen molar-refractivity contribution < 1.29 is 9.72 Å². The van der Waals surface area contributed by atoms with Crippen LogP contribution >= 0.6 is 0 Å². The zero-order chi connectivity index (χ0) is 14.5. The minimum atomic E-state index is -0.460. The predicted octanol–water partition coefficient (Wildman–Crippen LogP) is 1.52. The molecule has 1 aromatic carbocycles. The molecule has 1 saturated carbocycles. The number of nitrogens with one attached hydrogen (secondary N) is 1. The van der Waals surface area contributed by atoms with E-state index in [1.165, 1.54) is 12.1 Å². The number of non-ortho nitro benzene ring substituents is 1. The van der Waals surface area contributed by atoms with Crippen LogP contribution < -0.4 is 11.1 Å². The summed E-state index contributed by atoms with van der Waals surface area (Å²) in [7, 11) is 0. The third-order valence-electron chi connectivity index (χ3n) is 3.65. The Morgan fingerprint density at radius 1 is 1.40 bits per heavy atom. The Hall–Kier alpha value is -1.95. The topological polar surface area (TPSA) is 98.3 Å². The van der Waals surface area contributed by atoms with Crippen molar-refractivity contribution in [1.29, 1.82) is 0 Å². The minimum Gasteiger partial charge on any atom is -0.352 e. The highest BCUT2D eigenvalue weighted by molar-refractivity contribution is 5.79. The number of rotatable bonds is 4. The highest BCUT2D eigenvalue weighted by atomic mass is 16.6. The van der Waals surface area contributed by atoms with Gasteiger partial charge in [-0.2, -0.15) is 0 Å². The lowest BCUT2D eigenvalue weighted by molar-refractivity contribution is -0.384. The largest absolute Gasteiger partial charge is 0.352 e. The lowest BCUT2D eigenvalue weighted by Crippen LogP contribution is -2.49. The molecule has 0 bridgehead atoms. The standard InChI is InChI=1S/C14H19N3O3/c15-12-6-1-2-7-13(12)16-14(18)9-10-4-3-5-11(8-10)17(19)20/h3-5,8,12-13H,1-2,6-7,9,15H2,(H,16,18). The molecule has 2 unspecified atom stereocenters. The molecule has 0 heterocycles. The molecule has 6 heteroatoms. The van der Waals surface area contributed by atoms with Gasteiger partial charge in [-0.15, -0.1) is 0 Å². The summed E-state index contributed by atoms with van der Waals surface area (Å²) in [5, 5.41) is 13.6. The predicted molar refractivity (Wildman–Crippen MR) is 75.2 cm³/mol. The van der Waals surface area contributed by atoms with Crippen molar-refractivity contribution in [1.82, 2.24) is 5.32 Å². The van der Waals surface area contributed by atoms with Gasteiger partial charge in [0.1, 0.15) is 0 Å². The van der Waals surface area contributed by atoms with E-state index in [0.29, 0.717) is 5.56 Å². The summed E-state index contributed by atoms with van der Waals surface area (Å²) in [4.78, 5) is 22.2. The first-order valence-corrected chi connectivity index (χ1v) is 6.84. The third-order valence-corrected chi connectivity index (χ3v) is 3.65. The number of hydrogen-bond acceptors (Lipinski definition) is 4.